The van der Waals surface area contributed by atoms with E-state index in [1.807, 2.05) is 31.2 Å². The Morgan fingerprint density at radius 3 is 2.38 bits per heavy atom. The van der Waals surface area contributed by atoms with Gasteiger partial charge in [-0.05, 0) is 30.7 Å². The summed E-state index contributed by atoms with van der Waals surface area (Å²) in [7, 11) is 0. The van der Waals surface area contributed by atoms with Crippen molar-refractivity contribution in [3.63, 3.8) is 0 Å². The summed E-state index contributed by atoms with van der Waals surface area (Å²) in [5.41, 5.74) is 1.16. The average molecular weight is 293 g/mol. The zero-order valence-corrected chi connectivity index (χ0v) is 11.4. The lowest BCUT2D eigenvalue weighted by molar-refractivity contribution is -0.137. The van der Waals surface area contributed by atoms with E-state index in [1.54, 1.807) is 0 Å². The fraction of sp³-hybridized carbons (Fsp3) is 0.188. The smallest absolute Gasteiger partial charge is 0.348 e. The van der Waals surface area contributed by atoms with E-state index < -0.39 is 17.6 Å². The number of carbonyl (C=O) groups is 1. The standard InChI is InChI=1S/C16H14F3NO/c1-11-5-7-12(8-6-11)10-20-15(21)13-3-2-4-14(9-13)16(17,18)19/h2-9H,10H2,1H3,(H,20,21). The zero-order chi connectivity index (χ0) is 15.5. The molecule has 0 bridgehead atoms. The Labute approximate surface area is 120 Å². The summed E-state index contributed by atoms with van der Waals surface area (Å²) in [6, 6.07) is 11.9. The average Bonchev–Trinajstić information content (AvgIpc) is 2.45. The van der Waals surface area contributed by atoms with E-state index in [9.17, 15) is 18.0 Å². The Balaban J connectivity index is 2.05. The SMILES string of the molecule is Cc1ccc(CNC(=O)c2cccc(C(F)(F)F)c2)cc1. The van der Waals surface area contributed by atoms with Crippen molar-refractivity contribution in [3.05, 3.63) is 70.8 Å². The maximum absolute atomic E-state index is 12.6. The summed E-state index contributed by atoms with van der Waals surface area (Å²) in [5, 5.41) is 2.61. The van der Waals surface area contributed by atoms with Crippen molar-refractivity contribution < 1.29 is 18.0 Å². The van der Waals surface area contributed by atoms with Crippen molar-refractivity contribution in [3.8, 4) is 0 Å². The molecule has 5 heteroatoms. The van der Waals surface area contributed by atoms with Crippen LogP contribution in [0.25, 0.3) is 0 Å². The molecule has 1 amide bonds. The van der Waals surface area contributed by atoms with Gasteiger partial charge in [-0.15, -0.1) is 0 Å². The molecule has 1 N–H and O–H groups in total. The first-order chi connectivity index (χ1) is 9.86. The van der Waals surface area contributed by atoms with E-state index in [4.69, 9.17) is 0 Å². The first kappa shape index (κ1) is 15.1. The minimum atomic E-state index is -4.45. The molecule has 0 radical (unpaired) electrons. The van der Waals surface area contributed by atoms with Gasteiger partial charge in [-0.2, -0.15) is 13.2 Å². The van der Waals surface area contributed by atoms with Crippen molar-refractivity contribution in [2.75, 3.05) is 0 Å². The van der Waals surface area contributed by atoms with Crippen LogP contribution in [0.5, 0.6) is 0 Å². The first-order valence-electron chi connectivity index (χ1n) is 6.37. The third-order valence-electron chi connectivity index (χ3n) is 3.03. The summed E-state index contributed by atoms with van der Waals surface area (Å²) < 4.78 is 37.8. The van der Waals surface area contributed by atoms with E-state index in [0.717, 1.165) is 23.3 Å². The topological polar surface area (TPSA) is 29.1 Å². The van der Waals surface area contributed by atoms with Crippen LogP contribution in [-0.4, -0.2) is 5.91 Å². The van der Waals surface area contributed by atoms with Crippen molar-refractivity contribution in [1.82, 2.24) is 5.32 Å². The van der Waals surface area contributed by atoms with Gasteiger partial charge in [0, 0.05) is 12.1 Å². The molecule has 110 valence electrons. The van der Waals surface area contributed by atoms with Crippen molar-refractivity contribution in [2.45, 2.75) is 19.6 Å². The number of rotatable bonds is 3. The molecule has 0 saturated heterocycles. The highest BCUT2D eigenvalue weighted by molar-refractivity contribution is 5.94. The van der Waals surface area contributed by atoms with Gasteiger partial charge < -0.3 is 5.32 Å². The van der Waals surface area contributed by atoms with Gasteiger partial charge >= 0.3 is 6.18 Å². The Morgan fingerprint density at radius 2 is 1.76 bits per heavy atom. The highest BCUT2D eigenvalue weighted by atomic mass is 19.4. The van der Waals surface area contributed by atoms with Gasteiger partial charge in [0.15, 0.2) is 0 Å². The van der Waals surface area contributed by atoms with Crippen molar-refractivity contribution in [2.24, 2.45) is 0 Å². The monoisotopic (exact) mass is 293 g/mol. The molecule has 0 aliphatic rings. The molecule has 21 heavy (non-hydrogen) atoms. The van der Waals surface area contributed by atoms with E-state index in [0.29, 0.717) is 0 Å². The molecule has 0 saturated carbocycles. The molecule has 0 aliphatic carbocycles. The van der Waals surface area contributed by atoms with Crippen LogP contribution in [-0.2, 0) is 12.7 Å². The lowest BCUT2D eigenvalue weighted by Gasteiger charge is -2.09. The van der Waals surface area contributed by atoms with Gasteiger partial charge in [0.2, 0.25) is 0 Å². The molecule has 0 atom stereocenters. The number of aryl methyl sites for hydroxylation is 1. The second-order valence-electron chi connectivity index (χ2n) is 4.75. The van der Waals surface area contributed by atoms with Gasteiger partial charge in [0.1, 0.15) is 0 Å². The lowest BCUT2D eigenvalue weighted by atomic mass is 10.1. The molecule has 0 spiro atoms. The highest BCUT2D eigenvalue weighted by Crippen LogP contribution is 2.29. The molecular formula is C16H14F3NO. The zero-order valence-electron chi connectivity index (χ0n) is 11.4. The number of amides is 1. The number of alkyl halides is 3. The van der Waals surface area contributed by atoms with Gasteiger partial charge in [-0.3, -0.25) is 4.79 Å². The predicted octanol–water partition coefficient (Wildman–Crippen LogP) is 3.94. The summed E-state index contributed by atoms with van der Waals surface area (Å²) in [5.74, 6) is -0.526. The molecule has 2 aromatic rings. The van der Waals surface area contributed by atoms with Crippen LogP contribution in [0, 0.1) is 6.92 Å². The number of benzene rings is 2. The second kappa shape index (κ2) is 5.99. The third-order valence-corrected chi connectivity index (χ3v) is 3.03. The fourth-order valence-corrected chi connectivity index (χ4v) is 1.83. The second-order valence-corrected chi connectivity index (χ2v) is 4.75. The maximum Gasteiger partial charge on any atom is 0.416 e. The number of hydrogen-bond acceptors (Lipinski definition) is 1. The van der Waals surface area contributed by atoms with Crippen molar-refractivity contribution in [1.29, 1.82) is 0 Å². The summed E-state index contributed by atoms with van der Waals surface area (Å²) >= 11 is 0. The van der Waals surface area contributed by atoms with Crippen LogP contribution in [0.4, 0.5) is 13.2 Å². The maximum atomic E-state index is 12.6. The summed E-state index contributed by atoms with van der Waals surface area (Å²) in [4.78, 5) is 11.9. The molecule has 2 aromatic carbocycles. The number of hydrogen-bond donors (Lipinski definition) is 1. The highest BCUT2D eigenvalue weighted by Gasteiger charge is 2.30. The van der Waals surface area contributed by atoms with E-state index in [2.05, 4.69) is 5.32 Å². The predicted molar refractivity (Wildman–Crippen MR) is 73.8 cm³/mol. The Morgan fingerprint density at radius 1 is 1.10 bits per heavy atom. The third kappa shape index (κ3) is 4.08. The summed E-state index contributed by atoms with van der Waals surface area (Å²) in [6.45, 7) is 2.22. The molecule has 2 rings (SSSR count). The van der Waals surface area contributed by atoms with Gasteiger partial charge in [-0.1, -0.05) is 35.9 Å². The summed E-state index contributed by atoms with van der Waals surface area (Å²) in [6.07, 6.45) is -4.45. The van der Waals surface area contributed by atoms with E-state index in [-0.39, 0.29) is 12.1 Å². The lowest BCUT2D eigenvalue weighted by Crippen LogP contribution is -2.23. The number of halogens is 3. The molecule has 0 aliphatic heterocycles. The van der Waals surface area contributed by atoms with Gasteiger partial charge in [0.25, 0.3) is 5.91 Å². The van der Waals surface area contributed by atoms with Crippen molar-refractivity contribution >= 4 is 5.91 Å². The Bertz CT molecular complexity index is 633. The molecule has 0 aromatic heterocycles. The normalized spacial score (nSPS) is 11.2. The number of nitrogens with one attached hydrogen (secondary N) is 1. The van der Waals surface area contributed by atoms with Crippen LogP contribution in [0.15, 0.2) is 48.5 Å². The Hall–Kier alpha value is -2.30. The first-order valence-corrected chi connectivity index (χ1v) is 6.37. The molecular weight excluding hydrogens is 279 g/mol. The minimum absolute atomic E-state index is 0.00284. The molecule has 0 heterocycles. The quantitative estimate of drug-likeness (QED) is 0.912. The minimum Gasteiger partial charge on any atom is -0.348 e. The van der Waals surface area contributed by atoms with E-state index in [1.165, 1.54) is 12.1 Å². The number of carbonyl (C=O) groups excluding carboxylic acids is 1. The van der Waals surface area contributed by atoms with E-state index >= 15 is 0 Å². The van der Waals surface area contributed by atoms with Crippen LogP contribution < -0.4 is 5.32 Å². The largest absolute Gasteiger partial charge is 0.416 e. The Kier molecular flexibility index (Phi) is 4.31. The van der Waals surface area contributed by atoms with Gasteiger partial charge in [-0.25, -0.2) is 0 Å². The molecule has 0 fully saturated rings. The fourth-order valence-electron chi connectivity index (χ4n) is 1.83. The van der Waals surface area contributed by atoms with Crippen LogP contribution >= 0.6 is 0 Å². The van der Waals surface area contributed by atoms with Crippen LogP contribution in [0.3, 0.4) is 0 Å². The van der Waals surface area contributed by atoms with Crippen LogP contribution in [0.2, 0.25) is 0 Å². The molecule has 0 unspecified atom stereocenters. The van der Waals surface area contributed by atoms with Gasteiger partial charge in [0.05, 0.1) is 5.56 Å². The van der Waals surface area contributed by atoms with Crippen LogP contribution in [0.1, 0.15) is 27.0 Å². The molecule has 2 nitrogen and oxygen atoms in total.